The smallest absolute Gasteiger partial charge is 0.305 e. The Kier molecular flexibility index (Phi) is 6.40. The van der Waals surface area contributed by atoms with E-state index in [0.29, 0.717) is 13.0 Å². The fourth-order valence-corrected chi connectivity index (χ4v) is 2.15. The molecule has 5 heteroatoms. The molecule has 0 radical (unpaired) electrons. The predicted molar refractivity (Wildman–Crippen MR) is 82.0 cm³/mol. The Bertz CT molecular complexity index is 461. The summed E-state index contributed by atoms with van der Waals surface area (Å²) < 4.78 is 6.81. The van der Waals surface area contributed by atoms with Gasteiger partial charge in [-0.2, -0.15) is 5.10 Å². The summed E-state index contributed by atoms with van der Waals surface area (Å²) in [4.78, 5) is 11.6. The summed E-state index contributed by atoms with van der Waals surface area (Å²) in [6.45, 7) is 8.69. The van der Waals surface area contributed by atoms with E-state index in [2.05, 4.69) is 25.9 Å². The Balaban J connectivity index is 2.60. The van der Waals surface area contributed by atoms with Crippen molar-refractivity contribution in [3.63, 3.8) is 0 Å². The fourth-order valence-electron chi connectivity index (χ4n) is 2.15. The van der Waals surface area contributed by atoms with Crippen molar-refractivity contribution in [1.82, 2.24) is 9.78 Å². The maximum absolute atomic E-state index is 11.6. The molecule has 1 N–H and O–H groups in total. The van der Waals surface area contributed by atoms with E-state index in [4.69, 9.17) is 4.74 Å². The molecule has 0 bridgehead atoms. The van der Waals surface area contributed by atoms with E-state index >= 15 is 0 Å². The SMILES string of the molecule is CCCCOC(=O)CCC(O)c1cn(C)nc1C(C)(C)C. The quantitative estimate of drug-likeness (QED) is 0.620. The van der Waals surface area contributed by atoms with Crippen molar-refractivity contribution in [2.45, 2.75) is 64.9 Å². The maximum Gasteiger partial charge on any atom is 0.305 e. The van der Waals surface area contributed by atoms with Crippen LogP contribution in [0.3, 0.4) is 0 Å². The number of rotatable bonds is 7. The Morgan fingerprint density at radius 1 is 1.48 bits per heavy atom. The van der Waals surface area contributed by atoms with Crippen LogP contribution in [-0.4, -0.2) is 27.5 Å². The van der Waals surface area contributed by atoms with Gasteiger partial charge in [0, 0.05) is 30.6 Å². The number of hydrogen-bond acceptors (Lipinski definition) is 4. The van der Waals surface area contributed by atoms with Gasteiger partial charge in [0.15, 0.2) is 0 Å². The van der Waals surface area contributed by atoms with Crippen molar-refractivity contribution >= 4 is 5.97 Å². The van der Waals surface area contributed by atoms with Crippen LogP contribution in [0.2, 0.25) is 0 Å². The minimum atomic E-state index is -0.688. The van der Waals surface area contributed by atoms with Crippen LogP contribution in [0.25, 0.3) is 0 Å². The Labute approximate surface area is 127 Å². The predicted octanol–water partition coefficient (Wildman–Crippen LogP) is 2.87. The minimum absolute atomic E-state index is 0.140. The molecule has 0 aliphatic carbocycles. The zero-order chi connectivity index (χ0) is 16.0. The van der Waals surface area contributed by atoms with Crippen LogP contribution in [0, 0.1) is 0 Å². The Morgan fingerprint density at radius 3 is 2.71 bits per heavy atom. The van der Waals surface area contributed by atoms with Gasteiger partial charge in [0.1, 0.15) is 0 Å². The molecular weight excluding hydrogens is 268 g/mol. The van der Waals surface area contributed by atoms with E-state index in [1.807, 2.05) is 20.2 Å². The number of aryl methyl sites for hydroxylation is 1. The van der Waals surface area contributed by atoms with Gasteiger partial charge in [0.05, 0.1) is 18.4 Å². The first-order chi connectivity index (χ1) is 9.75. The van der Waals surface area contributed by atoms with E-state index in [0.717, 1.165) is 24.1 Å². The summed E-state index contributed by atoms with van der Waals surface area (Å²) in [6.07, 6.45) is 3.61. The number of hydrogen-bond donors (Lipinski definition) is 1. The molecule has 5 nitrogen and oxygen atoms in total. The minimum Gasteiger partial charge on any atom is -0.466 e. The zero-order valence-corrected chi connectivity index (χ0v) is 13.8. The molecule has 0 saturated carbocycles. The first-order valence-corrected chi connectivity index (χ1v) is 7.63. The molecule has 0 amide bonds. The molecule has 1 rings (SSSR count). The Morgan fingerprint density at radius 2 is 2.14 bits per heavy atom. The largest absolute Gasteiger partial charge is 0.466 e. The number of aliphatic hydroxyl groups is 1. The third-order valence-corrected chi connectivity index (χ3v) is 3.31. The van der Waals surface area contributed by atoms with Crippen LogP contribution in [0.5, 0.6) is 0 Å². The van der Waals surface area contributed by atoms with Crippen molar-refractivity contribution in [2.75, 3.05) is 6.61 Å². The number of aliphatic hydroxyl groups excluding tert-OH is 1. The summed E-state index contributed by atoms with van der Waals surface area (Å²) in [5, 5.41) is 14.8. The van der Waals surface area contributed by atoms with Gasteiger partial charge in [-0.3, -0.25) is 9.48 Å². The number of carbonyl (C=O) groups is 1. The van der Waals surface area contributed by atoms with Crippen LogP contribution < -0.4 is 0 Å². The maximum atomic E-state index is 11.6. The molecule has 1 aromatic rings. The zero-order valence-electron chi connectivity index (χ0n) is 13.8. The topological polar surface area (TPSA) is 64.3 Å². The van der Waals surface area contributed by atoms with E-state index < -0.39 is 6.10 Å². The lowest BCUT2D eigenvalue weighted by atomic mass is 9.87. The summed E-state index contributed by atoms with van der Waals surface area (Å²) in [5.41, 5.74) is 1.53. The van der Waals surface area contributed by atoms with E-state index in [1.54, 1.807) is 4.68 Å². The summed E-state index contributed by atoms with van der Waals surface area (Å²) in [6, 6.07) is 0. The van der Waals surface area contributed by atoms with Crippen molar-refractivity contribution in [2.24, 2.45) is 7.05 Å². The van der Waals surface area contributed by atoms with Crippen molar-refractivity contribution < 1.29 is 14.6 Å². The molecule has 1 atom stereocenters. The average molecular weight is 296 g/mol. The van der Waals surface area contributed by atoms with Crippen molar-refractivity contribution in [1.29, 1.82) is 0 Å². The standard InChI is InChI=1S/C16H28N2O3/c1-6-7-10-21-14(20)9-8-13(19)12-11-18(5)17-15(12)16(2,3)4/h11,13,19H,6-10H2,1-5H3. The lowest BCUT2D eigenvalue weighted by Crippen LogP contribution is -2.17. The van der Waals surface area contributed by atoms with E-state index in [9.17, 15) is 9.90 Å². The molecule has 0 aliphatic rings. The first kappa shape index (κ1) is 17.7. The number of unbranched alkanes of at least 4 members (excludes halogenated alkanes) is 1. The number of nitrogens with zero attached hydrogens (tertiary/aromatic N) is 2. The van der Waals surface area contributed by atoms with Gasteiger partial charge in [-0.15, -0.1) is 0 Å². The molecular formula is C16H28N2O3. The molecule has 1 heterocycles. The van der Waals surface area contributed by atoms with Crippen LogP contribution in [0.4, 0.5) is 0 Å². The molecule has 0 saturated heterocycles. The molecule has 1 unspecified atom stereocenters. The molecule has 1 aromatic heterocycles. The highest BCUT2D eigenvalue weighted by Gasteiger charge is 2.26. The van der Waals surface area contributed by atoms with Crippen LogP contribution in [-0.2, 0) is 22.0 Å². The number of ether oxygens (including phenoxy) is 1. The highest BCUT2D eigenvalue weighted by atomic mass is 16.5. The van der Waals surface area contributed by atoms with Crippen molar-refractivity contribution in [3.8, 4) is 0 Å². The fraction of sp³-hybridized carbons (Fsp3) is 0.750. The van der Waals surface area contributed by atoms with Gasteiger partial charge in [-0.05, 0) is 12.8 Å². The lowest BCUT2D eigenvalue weighted by Gasteiger charge is -2.19. The molecule has 120 valence electrons. The molecule has 0 spiro atoms. The highest BCUT2D eigenvalue weighted by molar-refractivity contribution is 5.69. The molecule has 0 fully saturated rings. The van der Waals surface area contributed by atoms with Crippen molar-refractivity contribution in [3.05, 3.63) is 17.5 Å². The molecule has 0 aromatic carbocycles. The number of carbonyl (C=O) groups excluding carboxylic acids is 1. The van der Waals surface area contributed by atoms with Gasteiger partial charge in [0.25, 0.3) is 0 Å². The van der Waals surface area contributed by atoms with Gasteiger partial charge >= 0.3 is 5.97 Å². The van der Waals surface area contributed by atoms with Gasteiger partial charge in [-0.1, -0.05) is 34.1 Å². The summed E-state index contributed by atoms with van der Waals surface area (Å²) in [7, 11) is 1.84. The second kappa shape index (κ2) is 7.59. The number of aromatic nitrogens is 2. The summed E-state index contributed by atoms with van der Waals surface area (Å²) in [5.74, 6) is -0.247. The number of esters is 1. The lowest BCUT2D eigenvalue weighted by molar-refractivity contribution is -0.144. The first-order valence-electron chi connectivity index (χ1n) is 7.63. The van der Waals surface area contributed by atoms with Gasteiger partial charge in [0.2, 0.25) is 0 Å². The average Bonchev–Trinajstić information content (AvgIpc) is 2.78. The summed E-state index contributed by atoms with van der Waals surface area (Å²) >= 11 is 0. The van der Waals surface area contributed by atoms with Crippen LogP contribution in [0.15, 0.2) is 6.20 Å². The van der Waals surface area contributed by atoms with Gasteiger partial charge in [-0.25, -0.2) is 0 Å². The van der Waals surface area contributed by atoms with E-state index in [1.165, 1.54) is 0 Å². The third kappa shape index (κ3) is 5.50. The third-order valence-electron chi connectivity index (χ3n) is 3.31. The normalized spacial score (nSPS) is 13.2. The van der Waals surface area contributed by atoms with Gasteiger partial charge < -0.3 is 9.84 Å². The highest BCUT2D eigenvalue weighted by Crippen LogP contribution is 2.30. The Hall–Kier alpha value is -1.36. The molecule has 21 heavy (non-hydrogen) atoms. The van der Waals surface area contributed by atoms with Crippen LogP contribution in [0.1, 0.15) is 70.7 Å². The van der Waals surface area contributed by atoms with E-state index in [-0.39, 0.29) is 17.8 Å². The second-order valence-electron chi connectivity index (χ2n) is 6.49. The monoisotopic (exact) mass is 296 g/mol. The second-order valence-corrected chi connectivity index (χ2v) is 6.49. The van der Waals surface area contributed by atoms with Crippen LogP contribution >= 0.6 is 0 Å². The molecule has 0 aliphatic heterocycles.